The van der Waals surface area contributed by atoms with Crippen LogP contribution in [0.25, 0.3) is 17.0 Å². The summed E-state index contributed by atoms with van der Waals surface area (Å²) in [5.74, 6) is -1.18. The van der Waals surface area contributed by atoms with E-state index in [1.54, 1.807) is 41.2 Å². The van der Waals surface area contributed by atoms with E-state index in [2.05, 4.69) is 10.4 Å². The molecule has 0 unspecified atom stereocenters. The quantitative estimate of drug-likeness (QED) is 0.670. The molecule has 0 fully saturated rings. The van der Waals surface area contributed by atoms with Gasteiger partial charge in [0.15, 0.2) is 0 Å². The van der Waals surface area contributed by atoms with E-state index < -0.39 is 5.97 Å². The number of nitrogens with one attached hydrogen (secondary N) is 1. The highest BCUT2D eigenvalue weighted by Gasteiger charge is 2.08. The molecule has 1 amide bonds. The lowest BCUT2D eigenvalue weighted by atomic mass is 10.0. The Morgan fingerprint density at radius 2 is 2.04 bits per heavy atom. The van der Waals surface area contributed by atoms with E-state index in [1.807, 2.05) is 25.2 Å². The fourth-order valence-corrected chi connectivity index (χ4v) is 2.78. The second kappa shape index (κ2) is 7.65. The molecular formula is C20H19N3O3. The summed E-state index contributed by atoms with van der Waals surface area (Å²) in [6, 6.07) is 12.7. The number of nitrogens with zero attached hydrogens (tertiary/aromatic N) is 2. The second-order valence-electron chi connectivity index (χ2n) is 5.92. The van der Waals surface area contributed by atoms with Gasteiger partial charge in [-0.25, -0.2) is 4.79 Å². The molecule has 1 aromatic heterocycles. The van der Waals surface area contributed by atoms with Crippen molar-refractivity contribution in [1.29, 1.82) is 0 Å². The molecule has 0 aliphatic heterocycles. The van der Waals surface area contributed by atoms with Crippen LogP contribution in [-0.2, 0) is 18.3 Å². The van der Waals surface area contributed by atoms with Gasteiger partial charge in [0.25, 0.3) is 0 Å². The highest BCUT2D eigenvalue weighted by atomic mass is 16.4. The van der Waals surface area contributed by atoms with Crippen LogP contribution < -0.4 is 5.32 Å². The number of carbonyl (C=O) groups excluding carboxylic acids is 1. The zero-order valence-corrected chi connectivity index (χ0v) is 14.3. The van der Waals surface area contributed by atoms with Crippen LogP contribution in [0.3, 0.4) is 0 Å². The number of hydrogen-bond donors (Lipinski definition) is 2. The lowest BCUT2D eigenvalue weighted by Crippen LogP contribution is -2.24. The van der Waals surface area contributed by atoms with E-state index in [0.29, 0.717) is 18.5 Å². The van der Waals surface area contributed by atoms with E-state index >= 15 is 0 Å². The molecule has 2 N–H and O–H groups in total. The Morgan fingerprint density at radius 1 is 1.23 bits per heavy atom. The first-order valence-electron chi connectivity index (χ1n) is 8.23. The summed E-state index contributed by atoms with van der Waals surface area (Å²) >= 11 is 0. The highest BCUT2D eigenvalue weighted by Crippen LogP contribution is 2.15. The fourth-order valence-electron chi connectivity index (χ4n) is 2.78. The van der Waals surface area contributed by atoms with E-state index in [4.69, 9.17) is 5.11 Å². The topological polar surface area (TPSA) is 84.2 Å². The normalized spacial score (nSPS) is 11.1. The van der Waals surface area contributed by atoms with Gasteiger partial charge in [-0.3, -0.25) is 9.48 Å². The first kappa shape index (κ1) is 17.4. The summed E-state index contributed by atoms with van der Waals surface area (Å²) in [4.78, 5) is 23.1. The molecule has 6 heteroatoms. The summed E-state index contributed by atoms with van der Waals surface area (Å²) < 4.78 is 1.80. The van der Waals surface area contributed by atoms with Crippen LogP contribution in [0.15, 0.2) is 54.7 Å². The Hall–Kier alpha value is -3.41. The maximum atomic E-state index is 12.0. The van der Waals surface area contributed by atoms with Gasteiger partial charge in [0.1, 0.15) is 0 Å². The lowest BCUT2D eigenvalue weighted by molar-refractivity contribution is -0.116. The van der Waals surface area contributed by atoms with Gasteiger partial charge in [0.2, 0.25) is 5.91 Å². The predicted octanol–water partition coefficient (Wildman–Crippen LogP) is 2.64. The van der Waals surface area contributed by atoms with Crippen LogP contribution in [0.2, 0.25) is 0 Å². The third-order valence-corrected chi connectivity index (χ3v) is 4.14. The van der Waals surface area contributed by atoms with Crippen molar-refractivity contribution < 1.29 is 14.7 Å². The summed E-state index contributed by atoms with van der Waals surface area (Å²) in [7, 11) is 1.88. The summed E-state index contributed by atoms with van der Waals surface area (Å²) in [5.41, 5.74) is 2.91. The molecule has 3 rings (SSSR count). The molecule has 0 bridgehead atoms. The zero-order valence-electron chi connectivity index (χ0n) is 14.3. The van der Waals surface area contributed by atoms with Crippen molar-refractivity contribution in [3.8, 4) is 0 Å². The molecule has 132 valence electrons. The van der Waals surface area contributed by atoms with Gasteiger partial charge >= 0.3 is 5.97 Å². The summed E-state index contributed by atoms with van der Waals surface area (Å²) in [6.45, 7) is 0.370. The number of aromatic carboxylic acids is 1. The number of carboxylic acids is 1. The van der Waals surface area contributed by atoms with E-state index in [1.165, 1.54) is 6.08 Å². The van der Waals surface area contributed by atoms with Crippen molar-refractivity contribution >= 4 is 28.9 Å². The molecular weight excluding hydrogens is 330 g/mol. The number of aromatic nitrogens is 2. The molecule has 0 saturated heterocycles. The van der Waals surface area contributed by atoms with E-state index in [0.717, 1.165) is 16.5 Å². The maximum Gasteiger partial charge on any atom is 0.335 e. The van der Waals surface area contributed by atoms with Gasteiger partial charge < -0.3 is 10.4 Å². The maximum absolute atomic E-state index is 12.0. The molecule has 1 heterocycles. The van der Waals surface area contributed by atoms with Crippen LogP contribution in [0.4, 0.5) is 0 Å². The van der Waals surface area contributed by atoms with Gasteiger partial charge in [0.05, 0.1) is 17.3 Å². The Balaban J connectivity index is 1.57. The molecule has 0 spiro atoms. The van der Waals surface area contributed by atoms with Crippen LogP contribution in [0.5, 0.6) is 0 Å². The number of carboxylic acid groups (broad SMARTS) is 1. The standard InChI is InChI=1S/C20H19N3O3/c1-23-18-8-6-14(12-16(18)13-22-23)7-9-19(24)21-11-10-15-4-2-3-5-17(15)20(25)26/h2-9,12-13H,10-11H2,1H3,(H,21,24)(H,25,26)/b9-7+. The fraction of sp³-hybridized carbons (Fsp3) is 0.150. The highest BCUT2D eigenvalue weighted by molar-refractivity contribution is 5.92. The molecule has 6 nitrogen and oxygen atoms in total. The number of fused-ring (bicyclic) bond motifs is 1. The van der Waals surface area contributed by atoms with Gasteiger partial charge in [-0.15, -0.1) is 0 Å². The van der Waals surface area contributed by atoms with Crippen molar-refractivity contribution in [2.24, 2.45) is 7.05 Å². The largest absolute Gasteiger partial charge is 0.478 e. The predicted molar refractivity (Wildman–Crippen MR) is 99.9 cm³/mol. The first-order chi connectivity index (χ1) is 12.5. The molecule has 26 heavy (non-hydrogen) atoms. The van der Waals surface area contributed by atoms with Crippen LogP contribution in [0.1, 0.15) is 21.5 Å². The zero-order chi connectivity index (χ0) is 18.5. The van der Waals surface area contributed by atoms with Gasteiger partial charge in [0, 0.05) is 25.1 Å². The van der Waals surface area contributed by atoms with Crippen LogP contribution >= 0.6 is 0 Å². The summed E-state index contributed by atoms with van der Waals surface area (Å²) in [6.07, 6.45) is 5.46. The average Bonchev–Trinajstić information content (AvgIpc) is 3.01. The molecule has 0 saturated carbocycles. The SMILES string of the molecule is Cn1ncc2cc(/C=C/C(=O)NCCc3ccccc3C(=O)O)ccc21. The van der Waals surface area contributed by atoms with Crippen LogP contribution in [-0.4, -0.2) is 33.3 Å². The van der Waals surface area contributed by atoms with Crippen molar-refractivity contribution in [2.75, 3.05) is 6.54 Å². The van der Waals surface area contributed by atoms with Crippen LogP contribution in [0, 0.1) is 0 Å². The van der Waals surface area contributed by atoms with E-state index in [-0.39, 0.29) is 11.5 Å². The number of carbonyl (C=O) groups is 2. The number of benzene rings is 2. The Labute approximate surface area is 150 Å². The van der Waals surface area contributed by atoms with Crippen molar-refractivity contribution in [3.05, 3.63) is 71.4 Å². The van der Waals surface area contributed by atoms with Crippen molar-refractivity contribution in [2.45, 2.75) is 6.42 Å². The average molecular weight is 349 g/mol. The lowest BCUT2D eigenvalue weighted by Gasteiger charge is -2.06. The van der Waals surface area contributed by atoms with Gasteiger partial charge in [-0.1, -0.05) is 24.3 Å². The Morgan fingerprint density at radius 3 is 2.85 bits per heavy atom. The minimum absolute atomic E-state index is 0.218. The number of aryl methyl sites for hydroxylation is 1. The van der Waals surface area contributed by atoms with Crippen molar-refractivity contribution in [3.63, 3.8) is 0 Å². The molecule has 2 aromatic carbocycles. The third kappa shape index (κ3) is 3.97. The molecule has 0 atom stereocenters. The van der Waals surface area contributed by atoms with Gasteiger partial charge in [-0.05, 0) is 41.8 Å². The molecule has 0 aliphatic carbocycles. The first-order valence-corrected chi connectivity index (χ1v) is 8.23. The second-order valence-corrected chi connectivity index (χ2v) is 5.92. The molecule has 0 radical (unpaired) electrons. The minimum Gasteiger partial charge on any atom is -0.478 e. The Bertz CT molecular complexity index is 989. The smallest absolute Gasteiger partial charge is 0.335 e. The summed E-state index contributed by atoms with van der Waals surface area (Å²) in [5, 5.41) is 17.1. The Kier molecular flexibility index (Phi) is 5.12. The number of rotatable bonds is 6. The van der Waals surface area contributed by atoms with E-state index in [9.17, 15) is 9.59 Å². The molecule has 3 aromatic rings. The third-order valence-electron chi connectivity index (χ3n) is 4.14. The molecule has 0 aliphatic rings. The van der Waals surface area contributed by atoms with Gasteiger partial charge in [-0.2, -0.15) is 5.10 Å². The minimum atomic E-state index is -0.961. The monoisotopic (exact) mass is 349 g/mol. The number of amides is 1. The number of hydrogen-bond acceptors (Lipinski definition) is 3. The van der Waals surface area contributed by atoms with Crippen molar-refractivity contribution in [1.82, 2.24) is 15.1 Å².